The highest BCUT2D eigenvalue weighted by atomic mass is 32.1. The number of thiazole rings is 1. The fourth-order valence-corrected chi connectivity index (χ4v) is 3.19. The van der Waals surface area contributed by atoms with Crippen molar-refractivity contribution < 1.29 is 0 Å². The van der Waals surface area contributed by atoms with Gasteiger partial charge in [0, 0.05) is 4.88 Å². The molecular weight excluding hydrogens is 192 g/mol. The van der Waals surface area contributed by atoms with E-state index in [1.54, 1.807) is 0 Å². The summed E-state index contributed by atoms with van der Waals surface area (Å²) in [7, 11) is 0. The molecule has 1 unspecified atom stereocenters. The molecule has 1 aliphatic rings. The van der Waals surface area contributed by atoms with Crippen LogP contribution < -0.4 is 5.73 Å². The second-order valence-electron chi connectivity index (χ2n) is 4.02. The minimum absolute atomic E-state index is 0.791. The molecule has 2 N–H and O–H groups in total. The lowest BCUT2D eigenvalue weighted by Gasteiger charge is -2.19. The van der Waals surface area contributed by atoms with Crippen LogP contribution in [-0.4, -0.2) is 11.5 Å². The van der Waals surface area contributed by atoms with Gasteiger partial charge in [-0.15, -0.1) is 11.3 Å². The van der Waals surface area contributed by atoms with Gasteiger partial charge < -0.3 is 5.73 Å². The lowest BCUT2D eigenvalue weighted by molar-refractivity contribution is 0.431. The minimum Gasteiger partial charge on any atom is -0.330 e. The van der Waals surface area contributed by atoms with Gasteiger partial charge in [-0.3, -0.25) is 0 Å². The van der Waals surface area contributed by atoms with Crippen molar-refractivity contribution in [1.29, 1.82) is 0 Å². The van der Waals surface area contributed by atoms with Gasteiger partial charge in [-0.1, -0.05) is 6.92 Å². The van der Waals surface area contributed by atoms with Gasteiger partial charge in [-0.25, -0.2) is 4.98 Å². The van der Waals surface area contributed by atoms with Gasteiger partial charge in [0.05, 0.1) is 10.7 Å². The van der Waals surface area contributed by atoms with Crippen molar-refractivity contribution in [3.63, 3.8) is 0 Å². The normalized spacial score (nSPS) is 20.9. The maximum Gasteiger partial charge on any atom is 0.0928 e. The number of hydrogen-bond acceptors (Lipinski definition) is 3. The van der Waals surface area contributed by atoms with Crippen molar-refractivity contribution in [3.05, 3.63) is 15.6 Å². The molecule has 1 aromatic heterocycles. The van der Waals surface area contributed by atoms with E-state index in [9.17, 15) is 0 Å². The van der Waals surface area contributed by atoms with E-state index in [4.69, 9.17) is 5.73 Å². The lowest BCUT2D eigenvalue weighted by atomic mass is 9.88. The number of aromatic nitrogens is 1. The number of nitrogens with two attached hydrogens (primary N) is 1. The fraction of sp³-hybridized carbons (Fsp3) is 0.727. The molecule has 0 bridgehead atoms. The third-order valence-corrected chi connectivity index (χ3v) is 4.26. The third kappa shape index (κ3) is 1.98. The highest BCUT2D eigenvalue weighted by Crippen LogP contribution is 2.31. The first kappa shape index (κ1) is 10.1. The van der Waals surface area contributed by atoms with Crippen LogP contribution in [0, 0.1) is 5.92 Å². The van der Waals surface area contributed by atoms with Gasteiger partial charge in [0.2, 0.25) is 0 Å². The van der Waals surface area contributed by atoms with Crippen molar-refractivity contribution in [2.75, 3.05) is 6.54 Å². The molecule has 14 heavy (non-hydrogen) atoms. The molecule has 1 aliphatic carbocycles. The Labute approximate surface area is 89.5 Å². The standard InChI is InChI=1S/C11H18N2S/c1-2-11-13-9-7-8(5-6-12)3-4-10(9)14-11/h8H,2-7,12H2,1H3. The number of hydrogen-bond donors (Lipinski definition) is 1. The topological polar surface area (TPSA) is 38.9 Å². The summed E-state index contributed by atoms with van der Waals surface area (Å²) in [4.78, 5) is 6.22. The van der Waals surface area contributed by atoms with E-state index in [2.05, 4.69) is 11.9 Å². The van der Waals surface area contributed by atoms with Crippen molar-refractivity contribution in [2.45, 2.75) is 39.0 Å². The van der Waals surface area contributed by atoms with Crippen LogP contribution >= 0.6 is 11.3 Å². The first-order valence-corrected chi connectivity index (χ1v) is 6.32. The van der Waals surface area contributed by atoms with Crippen LogP contribution in [0.1, 0.15) is 35.3 Å². The summed E-state index contributed by atoms with van der Waals surface area (Å²) in [5.41, 5.74) is 6.96. The smallest absolute Gasteiger partial charge is 0.0928 e. The lowest BCUT2D eigenvalue weighted by Crippen LogP contribution is -2.16. The fourth-order valence-electron chi connectivity index (χ4n) is 2.14. The van der Waals surface area contributed by atoms with Crippen molar-refractivity contribution in [1.82, 2.24) is 4.98 Å². The average Bonchev–Trinajstić information content (AvgIpc) is 2.60. The van der Waals surface area contributed by atoms with Crippen LogP contribution in [0.3, 0.4) is 0 Å². The van der Waals surface area contributed by atoms with Crippen LogP contribution in [0.2, 0.25) is 0 Å². The quantitative estimate of drug-likeness (QED) is 0.830. The predicted octanol–water partition coefficient (Wildman–Crippen LogP) is 2.16. The number of aryl methyl sites for hydroxylation is 2. The van der Waals surface area contributed by atoms with E-state index < -0.39 is 0 Å². The molecule has 1 heterocycles. The Balaban J connectivity index is 2.09. The number of fused-ring (bicyclic) bond motifs is 1. The summed E-state index contributed by atoms with van der Waals surface area (Å²) in [5.74, 6) is 0.791. The Bertz CT molecular complexity index is 306. The van der Waals surface area contributed by atoms with Gasteiger partial charge in [0.25, 0.3) is 0 Å². The van der Waals surface area contributed by atoms with E-state index in [0.29, 0.717) is 0 Å². The molecule has 3 heteroatoms. The maximum atomic E-state index is 5.59. The Hall–Kier alpha value is -0.410. The summed E-state index contributed by atoms with van der Waals surface area (Å²) in [6.07, 6.45) is 5.97. The second-order valence-corrected chi connectivity index (χ2v) is 5.19. The van der Waals surface area contributed by atoms with Gasteiger partial charge >= 0.3 is 0 Å². The molecule has 0 saturated heterocycles. The molecule has 0 aliphatic heterocycles. The molecule has 1 atom stereocenters. The molecule has 1 aromatic rings. The average molecular weight is 210 g/mol. The maximum absolute atomic E-state index is 5.59. The van der Waals surface area contributed by atoms with E-state index in [1.807, 2.05) is 11.3 Å². The Morgan fingerprint density at radius 1 is 1.57 bits per heavy atom. The summed E-state index contributed by atoms with van der Waals surface area (Å²) in [6, 6.07) is 0. The Kier molecular flexibility index (Phi) is 3.19. The van der Waals surface area contributed by atoms with Crippen molar-refractivity contribution >= 4 is 11.3 Å². The van der Waals surface area contributed by atoms with Gasteiger partial charge in [0.15, 0.2) is 0 Å². The predicted molar refractivity (Wildman–Crippen MR) is 60.7 cm³/mol. The van der Waals surface area contributed by atoms with Gasteiger partial charge in [-0.05, 0) is 44.6 Å². The summed E-state index contributed by atoms with van der Waals surface area (Å²) in [5, 5.41) is 1.31. The summed E-state index contributed by atoms with van der Waals surface area (Å²) >= 11 is 1.91. The Morgan fingerprint density at radius 2 is 2.43 bits per heavy atom. The molecular formula is C11H18N2S. The molecule has 0 radical (unpaired) electrons. The zero-order valence-corrected chi connectivity index (χ0v) is 9.57. The molecule has 2 nitrogen and oxygen atoms in total. The van der Waals surface area contributed by atoms with E-state index >= 15 is 0 Å². The molecule has 2 rings (SSSR count). The van der Waals surface area contributed by atoms with Crippen LogP contribution in [0.4, 0.5) is 0 Å². The SMILES string of the molecule is CCc1nc2c(s1)CCC(CCN)C2. The van der Waals surface area contributed by atoms with E-state index in [0.717, 1.165) is 18.9 Å². The summed E-state index contributed by atoms with van der Waals surface area (Å²) < 4.78 is 0. The molecule has 0 amide bonds. The molecule has 78 valence electrons. The molecule has 0 aromatic carbocycles. The van der Waals surface area contributed by atoms with Crippen LogP contribution in [-0.2, 0) is 19.3 Å². The largest absolute Gasteiger partial charge is 0.330 e. The molecule has 0 fully saturated rings. The van der Waals surface area contributed by atoms with Crippen molar-refractivity contribution in [2.24, 2.45) is 11.7 Å². The first-order chi connectivity index (χ1) is 6.83. The van der Waals surface area contributed by atoms with Gasteiger partial charge in [0.1, 0.15) is 0 Å². The number of nitrogens with zero attached hydrogens (tertiary/aromatic N) is 1. The molecule has 0 spiro atoms. The van der Waals surface area contributed by atoms with Crippen LogP contribution in [0.15, 0.2) is 0 Å². The van der Waals surface area contributed by atoms with Crippen LogP contribution in [0.25, 0.3) is 0 Å². The zero-order valence-electron chi connectivity index (χ0n) is 8.75. The van der Waals surface area contributed by atoms with Gasteiger partial charge in [-0.2, -0.15) is 0 Å². The molecule has 0 saturated carbocycles. The summed E-state index contributed by atoms with van der Waals surface area (Å²) in [6.45, 7) is 3.01. The zero-order chi connectivity index (χ0) is 9.97. The van der Waals surface area contributed by atoms with Crippen molar-refractivity contribution in [3.8, 4) is 0 Å². The van der Waals surface area contributed by atoms with E-state index in [1.165, 1.54) is 41.3 Å². The second kappa shape index (κ2) is 4.41. The third-order valence-electron chi connectivity index (χ3n) is 2.96. The first-order valence-electron chi connectivity index (χ1n) is 5.51. The minimum atomic E-state index is 0.791. The monoisotopic (exact) mass is 210 g/mol. The Morgan fingerprint density at radius 3 is 3.14 bits per heavy atom. The number of rotatable bonds is 3. The highest BCUT2D eigenvalue weighted by Gasteiger charge is 2.21. The van der Waals surface area contributed by atoms with E-state index in [-0.39, 0.29) is 0 Å². The van der Waals surface area contributed by atoms with Crippen LogP contribution in [0.5, 0.6) is 0 Å². The highest BCUT2D eigenvalue weighted by molar-refractivity contribution is 7.11.